The molecule has 0 aliphatic rings. The monoisotopic (exact) mass is 362 g/mol. The van der Waals surface area contributed by atoms with Gasteiger partial charge in [-0.3, -0.25) is 0 Å². The summed E-state index contributed by atoms with van der Waals surface area (Å²) in [4.78, 5) is 10.7. The average Bonchev–Trinajstić information content (AvgIpc) is 2.63. The van der Waals surface area contributed by atoms with Crippen molar-refractivity contribution in [3.05, 3.63) is 25.5 Å². The van der Waals surface area contributed by atoms with E-state index < -0.39 is 5.97 Å². The van der Waals surface area contributed by atoms with Crippen molar-refractivity contribution in [3.8, 4) is 0 Å². The van der Waals surface area contributed by atoms with Crippen LogP contribution in [0.4, 0.5) is 0 Å². The average molecular weight is 362 g/mol. The van der Waals surface area contributed by atoms with Crippen LogP contribution in [-0.2, 0) is 38.0 Å². The van der Waals surface area contributed by atoms with Gasteiger partial charge < -0.3 is 33.2 Å². The first kappa shape index (κ1) is 23.5. The van der Waals surface area contributed by atoms with Gasteiger partial charge in [-0.05, 0) is 0 Å². The van der Waals surface area contributed by atoms with Crippen molar-refractivity contribution in [2.45, 2.75) is 0 Å². The summed E-state index contributed by atoms with van der Waals surface area (Å²) in [7, 11) is 0. The van der Waals surface area contributed by atoms with E-state index in [1.807, 2.05) is 0 Å². The van der Waals surface area contributed by atoms with Gasteiger partial charge in [0.15, 0.2) is 0 Å². The third kappa shape index (κ3) is 20.5. The lowest BCUT2D eigenvalue weighted by Gasteiger charge is -2.08. The second kappa shape index (κ2) is 20.6. The lowest BCUT2D eigenvalue weighted by molar-refractivity contribution is -0.139. The Morgan fingerprint density at radius 3 is 1.32 bits per heavy atom. The third-order valence-electron chi connectivity index (χ3n) is 2.59. The molecule has 0 N–H and O–H groups in total. The summed E-state index contributed by atoms with van der Waals surface area (Å²) in [5, 5.41) is 0. The predicted molar refractivity (Wildman–Crippen MR) is 91.4 cm³/mol. The van der Waals surface area contributed by atoms with Crippen LogP contribution in [0.3, 0.4) is 0 Å². The molecule has 0 saturated heterocycles. The fraction of sp³-hybridized carbons (Fsp3) is 0.706. The number of rotatable bonds is 20. The molecule has 0 aromatic rings. The molecule has 25 heavy (non-hydrogen) atoms. The SMILES string of the molecule is C=COCCOCCOCCOCCOCCOCCOC(=O)C=C. The number of hydrogen-bond acceptors (Lipinski definition) is 8. The molecule has 0 amide bonds. The van der Waals surface area contributed by atoms with Crippen LogP contribution in [0.5, 0.6) is 0 Å². The topological polar surface area (TPSA) is 81.7 Å². The largest absolute Gasteiger partial charge is 0.499 e. The van der Waals surface area contributed by atoms with Crippen molar-refractivity contribution in [2.24, 2.45) is 0 Å². The van der Waals surface area contributed by atoms with E-state index in [0.717, 1.165) is 6.08 Å². The van der Waals surface area contributed by atoms with Gasteiger partial charge >= 0.3 is 5.97 Å². The van der Waals surface area contributed by atoms with Gasteiger partial charge in [0.05, 0.1) is 72.3 Å². The zero-order valence-corrected chi connectivity index (χ0v) is 14.8. The van der Waals surface area contributed by atoms with Gasteiger partial charge in [0.2, 0.25) is 0 Å². The van der Waals surface area contributed by atoms with E-state index in [0.29, 0.717) is 72.7 Å². The third-order valence-corrected chi connectivity index (χ3v) is 2.59. The van der Waals surface area contributed by atoms with Crippen LogP contribution in [0.15, 0.2) is 25.5 Å². The zero-order valence-electron chi connectivity index (χ0n) is 14.8. The number of carbonyl (C=O) groups is 1. The van der Waals surface area contributed by atoms with E-state index >= 15 is 0 Å². The first-order valence-electron chi connectivity index (χ1n) is 8.21. The van der Waals surface area contributed by atoms with E-state index in [1.165, 1.54) is 6.26 Å². The van der Waals surface area contributed by atoms with Crippen LogP contribution < -0.4 is 0 Å². The van der Waals surface area contributed by atoms with Crippen LogP contribution in [0.25, 0.3) is 0 Å². The standard InChI is InChI=1S/C17H30O8/c1-3-17(18)25-16-15-24-14-13-23-12-11-22-10-9-21-8-7-20-6-5-19-4-2/h3-4H,1-2,5-16H2. The van der Waals surface area contributed by atoms with Crippen molar-refractivity contribution in [1.82, 2.24) is 0 Å². The summed E-state index contributed by atoms with van der Waals surface area (Å²) >= 11 is 0. The fourth-order valence-corrected chi connectivity index (χ4v) is 1.43. The molecule has 8 heteroatoms. The summed E-state index contributed by atoms with van der Waals surface area (Å²) in [5.74, 6) is -0.452. The Hall–Kier alpha value is -1.45. The van der Waals surface area contributed by atoms with Crippen molar-refractivity contribution in [1.29, 1.82) is 0 Å². The van der Waals surface area contributed by atoms with E-state index in [9.17, 15) is 4.79 Å². The summed E-state index contributed by atoms with van der Waals surface area (Å²) in [5.41, 5.74) is 0. The van der Waals surface area contributed by atoms with Crippen molar-refractivity contribution >= 4 is 5.97 Å². The highest BCUT2D eigenvalue weighted by atomic mass is 16.6. The maximum atomic E-state index is 10.7. The summed E-state index contributed by atoms with van der Waals surface area (Å²) in [6.45, 7) is 12.2. The molecule has 0 aliphatic heterocycles. The normalized spacial score (nSPS) is 10.4. The molecule has 146 valence electrons. The molecule has 0 atom stereocenters. The summed E-state index contributed by atoms with van der Waals surface area (Å²) in [6.07, 6.45) is 2.50. The molecular weight excluding hydrogens is 332 g/mol. The molecule has 0 aromatic carbocycles. The van der Waals surface area contributed by atoms with Gasteiger partial charge in [-0.25, -0.2) is 4.79 Å². The Bertz CT molecular complexity index is 322. The quantitative estimate of drug-likeness (QED) is 0.137. The minimum absolute atomic E-state index is 0.210. The van der Waals surface area contributed by atoms with E-state index in [4.69, 9.17) is 33.2 Å². The molecule has 0 bridgehead atoms. The lowest BCUT2D eigenvalue weighted by Crippen LogP contribution is -2.14. The highest BCUT2D eigenvalue weighted by molar-refractivity contribution is 5.81. The maximum absolute atomic E-state index is 10.7. The highest BCUT2D eigenvalue weighted by Gasteiger charge is 1.96. The van der Waals surface area contributed by atoms with Crippen molar-refractivity contribution in [3.63, 3.8) is 0 Å². The molecule has 0 saturated carbocycles. The van der Waals surface area contributed by atoms with Crippen molar-refractivity contribution in [2.75, 3.05) is 79.3 Å². The van der Waals surface area contributed by atoms with Crippen molar-refractivity contribution < 1.29 is 38.0 Å². The summed E-state index contributed by atoms with van der Waals surface area (Å²) in [6, 6.07) is 0. The first-order valence-corrected chi connectivity index (χ1v) is 8.21. The second-order valence-corrected chi connectivity index (χ2v) is 4.47. The fourth-order valence-electron chi connectivity index (χ4n) is 1.43. The number of ether oxygens (including phenoxy) is 7. The molecule has 0 aromatic heterocycles. The highest BCUT2D eigenvalue weighted by Crippen LogP contribution is 1.85. The van der Waals surface area contributed by atoms with Gasteiger partial charge in [-0.1, -0.05) is 13.2 Å². The molecule has 0 heterocycles. The van der Waals surface area contributed by atoms with Crippen LogP contribution >= 0.6 is 0 Å². The van der Waals surface area contributed by atoms with Gasteiger partial charge in [0.1, 0.15) is 13.2 Å². The van der Waals surface area contributed by atoms with Gasteiger partial charge in [-0.15, -0.1) is 0 Å². The van der Waals surface area contributed by atoms with Crippen LogP contribution in [0, 0.1) is 0 Å². The first-order chi connectivity index (χ1) is 12.3. The second-order valence-electron chi connectivity index (χ2n) is 4.47. The minimum atomic E-state index is -0.452. The van der Waals surface area contributed by atoms with Crippen LogP contribution in [0.2, 0.25) is 0 Å². The predicted octanol–water partition coefficient (Wildman–Crippen LogP) is 0.959. The lowest BCUT2D eigenvalue weighted by atomic mass is 10.6. The molecular formula is C17H30O8. The molecule has 0 radical (unpaired) electrons. The van der Waals surface area contributed by atoms with Gasteiger partial charge in [-0.2, -0.15) is 0 Å². The maximum Gasteiger partial charge on any atom is 0.330 e. The zero-order chi connectivity index (χ0) is 18.4. The van der Waals surface area contributed by atoms with E-state index in [2.05, 4.69) is 13.2 Å². The Balaban J connectivity index is 3.01. The molecule has 8 nitrogen and oxygen atoms in total. The van der Waals surface area contributed by atoms with Crippen LogP contribution in [0.1, 0.15) is 0 Å². The minimum Gasteiger partial charge on any atom is -0.499 e. The molecule has 0 unspecified atom stereocenters. The van der Waals surface area contributed by atoms with Gasteiger partial charge in [0, 0.05) is 6.08 Å². The smallest absolute Gasteiger partial charge is 0.330 e. The molecule has 0 fully saturated rings. The Labute approximate surface area is 149 Å². The van der Waals surface area contributed by atoms with Gasteiger partial charge in [0.25, 0.3) is 0 Å². The Kier molecular flexibility index (Phi) is 19.4. The Morgan fingerprint density at radius 2 is 0.960 bits per heavy atom. The summed E-state index contributed by atoms with van der Waals surface area (Å²) < 4.78 is 36.1. The molecule has 0 aliphatic carbocycles. The van der Waals surface area contributed by atoms with E-state index in [1.54, 1.807) is 0 Å². The van der Waals surface area contributed by atoms with E-state index in [-0.39, 0.29) is 6.61 Å². The number of esters is 1. The number of carbonyl (C=O) groups excluding carboxylic acids is 1. The van der Waals surface area contributed by atoms with Crippen LogP contribution in [-0.4, -0.2) is 85.3 Å². The Morgan fingerprint density at radius 1 is 0.600 bits per heavy atom. The molecule has 0 spiro atoms. The number of hydrogen-bond donors (Lipinski definition) is 0. The molecule has 0 rings (SSSR count).